The van der Waals surface area contributed by atoms with E-state index in [0.717, 1.165) is 11.4 Å². The number of rotatable bonds is 8. The fourth-order valence-corrected chi connectivity index (χ4v) is 3.40. The van der Waals surface area contributed by atoms with Crippen LogP contribution in [0.4, 0.5) is 0 Å². The number of carbonyl (C=O) groups excluding carboxylic acids is 2. The van der Waals surface area contributed by atoms with Crippen LogP contribution in [0, 0.1) is 13.8 Å². The summed E-state index contributed by atoms with van der Waals surface area (Å²) >= 11 is 0. The van der Waals surface area contributed by atoms with Gasteiger partial charge in [0.2, 0.25) is 11.5 Å². The Bertz CT molecular complexity index is 882. The van der Waals surface area contributed by atoms with Crippen molar-refractivity contribution in [3.63, 3.8) is 0 Å². The number of ketones is 1. The van der Waals surface area contributed by atoms with Gasteiger partial charge in [-0.1, -0.05) is 0 Å². The molecule has 2 aromatic rings. The lowest BCUT2D eigenvalue weighted by Gasteiger charge is -2.15. The van der Waals surface area contributed by atoms with Gasteiger partial charge in [-0.15, -0.1) is 0 Å². The molecule has 0 atom stereocenters. The van der Waals surface area contributed by atoms with Gasteiger partial charge in [0.15, 0.2) is 18.1 Å². The lowest BCUT2D eigenvalue weighted by Crippen LogP contribution is -2.16. The average molecular weight is 389 g/mol. The maximum Gasteiger partial charge on any atom is 0.342 e. The van der Waals surface area contributed by atoms with Crippen LogP contribution in [0.1, 0.15) is 52.0 Å². The van der Waals surface area contributed by atoms with E-state index in [9.17, 15) is 9.59 Å². The summed E-state index contributed by atoms with van der Waals surface area (Å²) in [6, 6.07) is 5.15. The van der Waals surface area contributed by atoms with Gasteiger partial charge in [-0.05, 0) is 45.9 Å². The fourth-order valence-electron chi connectivity index (χ4n) is 3.40. The fraction of sp³-hybridized carbons (Fsp3) is 0.429. The zero-order valence-electron chi connectivity index (χ0n) is 17.4. The highest BCUT2D eigenvalue weighted by atomic mass is 16.5. The van der Waals surface area contributed by atoms with Crippen molar-refractivity contribution in [2.75, 3.05) is 27.9 Å². The first kappa shape index (κ1) is 21.3. The molecule has 0 aliphatic carbocycles. The molecule has 7 heteroatoms. The van der Waals surface area contributed by atoms with Gasteiger partial charge < -0.3 is 23.5 Å². The number of ether oxygens (including phenoxy) is 4. The predicted molar refractivity (Wildman–Crippen MR) is 105 cm³/mol. The summed E-state index contributed by atoms with van der Waals surface area (Å²) in [5, 5.41) is 0. The zero-order valence-corrected chi connectivity index (χ0v) is 17.4. The average Bonchev–Trinajstić information content (AvgIpc) is 2.98. The van der Waals surface area contributed by atoms with E-state index in [4.69, 9.17) is 18.9 Å². The van der Waals surface area contributed by atoms with E-state index < -0.39 is 5.97 Å². The number of hydrogen-bond acceptors (Lipinski definition) is 6. The minimum absolute atomic E-state index is 0.153. The molecule has 7 nitrogen and oxygen atoms in total. The third kappa shape index (κ3) is 3.98. The Kier molecular flexibility index (Phi) is 6.72. The minimum atomic E-state index is -0.677. The van der Waals surface area contributed by atoms with E-state index >= 15 is 0 Å². The largest absolute Gasteiger partial charge is 0.493 e. The molecule has 0 fully saturated rings. The molecule has 0 aliphatic heterocycles. The molecular formula is C21H27NO6. The molecule has 1 heterocycles. The number of nitrogens with zero attached hydrogens (tertiary/aromatic N) is 1. The lowest BCUT2D eigenvalue weighted by molar-refractivity contribution is 0.0470. The van der Waals surface area contributed by atoms with Gasteiger partial charge in [0.1, 0.15) is 5.56 Å². The number of methoxy groups -OCH3 is 3. The first-order valence-corrected chi connectivity index (χ1v) is 8.94. The number of hydrogen-bond donors (Lipinski definition) is 0. The molecule has 28 heavy (non-hydrogen) atoms. The van der Waals surface area contributed by atoms with Gasteiger partial charge in [0.05, 0.1) is 21.3 Å². The molecule has 0 unspecified atom stereocenters. The van der Waals surface area contributed by atoms with Crippen molar-refractivity contribution in [2.24, 2.45) is 0 Å². The Hall–Kier alpha value is -2.96. The first-order valence-electron chi connectivity index (χ1n) is 8.94. The minimum Gasteiger partial charge on any atom is -0.493 e. The number of benzene rings is 1. The monoisotopic (exact) mass is 389 g/mol. The van der Waals surface area contributed by atoms with Gasteiger partial charge in [0.25, 0.3) is 0 Å². The van der Waals surface area contributed by atoms with Crippen molar-refractivity contribution >= 4 is 11.8 Å². The number of Topliss-reactive ketones (excluding diaryl/α,β-unsaturated/α-hetero) is 1. The Labute approximate surface area is 165 Å². The SMILES string of the molecule is COc1ccc(C(=O)OCC(=O)c2cc(C)n(C(C)C)c2C)c(OC)c1OC. The number of carbonyl (C=O) groups is 2. The Morgan fingerprint density at radius 1 is 0.964 bits per heavy atom. The molecule has 0 amide bonds. The van der Waals surface area contributed by atoms with Crippen LogP contribution < -0.4 is 14.2 Å². The maximum atomic E-state index is 12.6. The molecule has 0 N–H and O–H groups in total. The number of aryl methyl sites for hydroxylation is 1. The summed E-state index contributed by atoms with van der Waals surface area (Å²) in [7, 11) is 4.35. The van der Waals surface area contributed by atoms with Crippen LogP contribution in [0.5, 0.6) is 17.2 Å². The first-order chi connectivity index (χ1) is 13.3. The molecule has 0 spiro atoms. The quantitative estimate of drug-likeness (QED) is 0.506. The van der Waals surface area contributed by atoms with Gasteiger partial charge in [-0.2, -0.15) is 0 Å². The van der Waals surface area contributed by atoms with Crippen molar-refractivity contribution in [3.05, 3.63) is 40.7 Å². The van der Waals surface area contributed by atoms with Crippen molar-refractivity contribution in [1.29, 1.82) is 0 Å². The Morgan fingerprint density at radius 3 is 2.11 bits per heavy atom. The van der Waals surface area contributed by atoms with Gasteiger partial charge in [-0.3, -0.25) is 4.79 Å². The van der Waals surface area contributed by atoms with E-state index in [0.29, 0.717) is 11.3 Å². The lowest BCUT2D eigenvalue weighted by atomic mass is 10.1. The molecule has 0 bridgehead atoms. The topological polar surface area (TPSA) is 76.0 Å². The summed E-state index contributed by atoms with van der Waals surface area (Å²) in [5.41, 5.74) is 2.56. The second-order valence-corrected chi connectivity index (χ2v) is 6.63. The van der Waals surface area contributed by atoms with Crippen molar-refractivity contribution in [1.82, 2.24) is 4.57 Å². The van der Waals surface area contributed by atoms with Crippen LogP contribution >= 0.6 is 0 Å². The maximum absolute atomic E-state index is 12.6. The van der Waals surface area contributed by atoms with Gasteiger partial charge >= 0.3 is 5.97 Å². The van der Waals surface area contributed by atoms with Crippen LogP contribution in [0.15, 0.2) is 18.2 Å². The number of esters is 1. The smallest absolute Gasteiger partial charge is 0.342 e. The van der Waals surface area contributed by atoms with Crippen LogP contribution in [0.3, 0.4) is 0 Å². The zero-order chi connectivity index (χ0) is 21.0. The molecule has 1 aromatic heterocycles. The molecule has 0 aliphatic rings. The third-order valence-corrected chi connectivity index (χ3v) is 4.56. The Morgan fingerprint density at radius 2 is 1.61 bits per heavy atom. The van der Waals surface area contributed by atoms with E-state index in [2.05, 4.69) is 18.4 Å². The Balaban J connectivity index is 2.21. The summed E-state index contributed by atoms with van der Waals surface area (Å²) in [6.45, 7) is 7.58. The van der Waals surface area contributed by atoms with E-state index in [1.54, 1.807) is 6.07 Å². The van der Waals surface area contributed by atoms with E-state index in [1.807, 2.05) is 19.9 Å². The van der Waals surface area contributed by atoms with Crippen LogP contribution in [0.25, 0.3) is 0 Å². The summed E-state index contributed by atoms with van der Waals surface area (Å²) in [4.78, 5) is 25.1. The highest BCUT2D eigenvalue weighted by Crippen LogP contribution is 2.40. The van der Waals surface area contributed by atoms with Crippen LogP contribution in [-0.2, 0) is 4.74 Å². The summed E-state index contributed by atoms with van der Waals surface area (Å²) < 4.78 is 23.1. The van der Waals surface area contributed by atoms with E-state index in [1.165, 1.54) is 27.4 Å². The molecule has 0 saturated carbocycles. The summed E-state index contributed by atoms with van der Waals surface area (Å²) in [5.74, 6) is -0.0340. The van der Waals surface area contributed by atoms with Crippen LogP contribution in [-0.4, -0.2) is 44.3 Å². The normalized spacial score (nSPS) is 10.7. The molecule has 0 saturated heterocycles. The number of aromatic nitrogens is 1. The van der Waals surface area contributed by atoms with Gasteiger partial charge in [0, 0.05) is 23.0 Å². The van der Waals surface area contributed by atoms with Gasteiger partial charge in [-0.25, -0.2) is 4.79 Å². The third-order valence-electron chi connectivity index (χ3n) is 4.56. The summed E-state index contributed by atoms with van der Waals surface area (Å²) in [6.07, 6.45) is 0. The highest BCUT2D eigenvalue weighted by Gasteiger charge is 2.23. The van der Waals surface area contributed by atoms with Crippen molar-refractivity contribution in [3.8, 4) is 17.2 Å². The molecule has 1 aromatic carbocycles. The second-order valence-electron chi connectivity index (χ2n) is 6.63. The molecular weight excluding hydrogens is 362 g/mol. The standard InChI is InChI=1S/C21H27NO6/c1-12(2)22-13(3)10-16(14(22)4)17(23)11-28-21(24)15-8-9-18(25-5)20(27-7)19(15)26-6/h8-10,12H,11H2,1-7H3. The molecule has 152 valence electrons. The van der Waals surface area contributed by atoms with E-state index in [-0.39, 0.29) is 35.5 Å². The van der Waals surface area contributed by atoms with Crippen LogP contribution in [0.2, 0.25) is 0 Å². The second kappa shape index (κ2) is 8.82. The molecule has 2 rings (SSSR count). The molecule has 0 radical (unpaired) electrons. The van der Waals surface area contributed by atoms with Crippen molar-refractivity contribution in [2.45, 2.75) is 33.7 Å². The predicted octanol–water partition coefficient (Wildman–Crippen LogP) is 3.75. The van der Waals surface area contributed by atoms with Crippen molar-refractivity contribution < 1.29 is 28.5 Å². The highest BCUT2D eigenvalue weighted by molar-refractivity contribution is 6.01.